The van der Waals surface area contributed by atoms with Crippen LogP contribution in [0.25, 0.3) is 0 Å². The molecule has 1 aliphatic rings. The quantitative estimate of drug-likeness (QED) is 0.896. The van der Waals surface area contributed by atoms with Crippen LogP contribution in [0.5, 0.6) is 0 Å². The first-order valence-corrected chi connectivity index (χ1v) is 6.96. The second-order valence-corrected chi connectivity index (χ2v) is 5.50. The normalized spacial score (nSPS) is 18.0. The molecule has 1 saturated carbocycles. The van der Waals surface area contributed by atoms with E-state index in [0.717, 1.165) is 6.07 Å². The summed E-state index contributed by atoms with van der Waals surface area (Å²) >= 11 is 0. The van der Waals surface area contributed by atoms with Gasteiger partial charge in [-0.2, -0.15) is 0 Å². The fourth-order valence-electron chi connectivity index (χ4n) is 2.48. The largest absolute Gasteiger partial charge is 0.481 e. The average Bonchev–Trinajstić information content (AvgIpc) is 2.41. The monoisotopic (exact) mass is 315 g/mol. The van der Waals surface area contributed by atoms with Gasteiger partial charge in [-0.3, -0.25) is 9.59 Å². The summed E-state index contributed by atoms with van der Waals surface area (Å²) in [4.78, 5) is 22.5. The molecule has 7 heteroatoms. The molecule has 120 valence electrons. The summed E-state index contributed by atoms with van der Waals surface area (Å²) in [5.41, 5.74) is 0.205. The van der Waals surface area contributed by atoms with Gasteiger partial charge in [0.25, 0.3) is 0 Å². The second kappa shape index (κ2) is 6.37. The van der Waals surface area contributed by atoms with Gasteiger partial charge in [-0.25, -0.2) is 13.2 Å². The third kappa shape index (κ3) is 4.22. The molecule has 0 atom stereocenters. The van der Waals surface area contributed by atoms with Crippen LogP contribution in [0.4, 0.5) is 18.9 Å². The van der Waals surface area contributed by atoms with Crippen molar-refractivity contribution in [1.29, 1.82) is 0 Å². The highest BCUT2D eigenvalue weighted by molar-refractivity contribution is 5.92. The van der Waals surface area contributed by atoms with Crippen LogP contribution in [-0.2, 0) is 16.0 Å². The van der Waals surface area contributed by atoms with Crippen LogP contribution >= 0.6 is 0 Å². The van der Waals surface area contributed by atoms with Crippen LogP contribution < -0.4 is 5.32 Å². The van der Waals surface area contributed by atoms with E-state index in [-0.39, 0.29) is 36.9 Å². The number of carboxylic acid groups (broad SMARTS) is 1. The molecule has 0 saturated heterocycles. The molecule has 0 radical (unpaired) electrons. The van der Waals surface area contributed by atoms with Crippen molar-refractivity contribution in [3.8, 4) is 0 Å². The summed E-state index contributed by atoms with van der Waals surface area (Å²) in [5.74, 6) is -5.52. The first kappa shape index (κ1) is 16.3. The number of benzene rings is 1. The highest BCUT2D eigenvalue weighted by atomic mass is 19.3. The summed E-state index contributed by atoms with van der Waals surface area (Å²) in [7, 11) is 0. The summed E-state index contributed by atoms with van der Waals surface area (Å²) in [6.45, 7) is 0. The Morgan fingerprint density at radius 2 is 1.91 bits per heavy atom. The first-order chi connectivity index (χ1) is 10.3. The average molecular weight is 315 g/mol. The van der Waals surface area contributed by atoms with Crippen LogP contribution in [0.3, 0.4) is 0 Å². The van der Waals surface area contributed by atoms with E-state index in [9.17, 15) is 22.8 Å². The van der Waals surface area contributed by atoms with Gasteiger partial charge in [-0.1, -0.05) is 6.07 Å². The van der Waals surface area contributed by atoms with Crippen LogP contribution in [0.1, 0.15) is 31.2 Å². The summed E-state index contributed by atoms with van der Waals surface area (Å²) < 4.78 is 39.8. The van der Waals surface area contributed by atoms with Crippen LogP contribution in [0.15, 0.2) is 18.2 Å². The number of hydrogen-bond acceptors (Lipinski definition) is 2. The predicted molar refractivity (Wildman–Crippen MR) is 73.3 cm³/mol. The van der Waals surface area contributed by atoms with E-state index in [1.165, 1.54) is 12.1 Å². The third-order valence-electron chi connectivity index (χ3n) is 3.75. The van der Waals surface area contributed by atoms with E-state index in [1.54, 1.807) is 0 Å². The van der Waals surface area contributed by atoms with E-state index < -0.39 is 36.0 Å². The molecule has 2 N–H and O–H groups in total. The van der Waals surface area contributed by atoms with Crippen molar-refractivity contribution in [3.63, 3.8) is 0 Å². The Balaban J connectivity index is 1.97. The minimum atomic E-state index is -2.71. The maximum absolute atomic E-state index is 13.7. The van der Waals surface area contributed by atoms with Crippen molar-refractivity contribution >= 4 is 17.6 Å². The number of halogens is 3. The topological polar surface area (TPSA) is 66.4 Å². The second-order valence-electron chi connectivity index (χ2n) is 5.50. The van der Waals surface area contributed by atoms with Crippen molar-refractivity contribution in [2.75, 3.05) is 5.32 Å². The minimum Gasteiger partial charge on any atom is -0.481 e. The van der Waals surface area contributed by atoms with Gasteiger partial charge in [0.1, 0.15) is 5.82 Å². The number of carbonyl (C=O) groups excluding carboxylic acids is 1. The highest BCUT2D eigenvalue weighted by Crippen LogP contribution is 2.36. The van der Waals surface area contributed by atoms with E-state index in [2.05, 4.69) is 5.32 Å². The van der Waals surface area contributed by atoms with Gasteiger partial charge in [0.2, 0.25) is 11.8 Å². The van der Waals surface area contributed by atoms with Crippen molar-refractivity contribution in [1.82, 2.24) is 0 Å². The Morgan fingerprint density at radius 1 is 1.27 bits per heavy atom. The highest BCUT2D eigenvalue weighted by Gasteiger charge is 2.37. The molecule has 4 nitrogen and oxygen atoms in total. The SMILES string of the molecule is O=C(O)Cc1ccc(NC(=O)C2CCC(F)(F)CC2)cc1F. The maximum Gasteiger partial charge on any atom is 0.307 e. The van der Waals surface area contributed by atoms with Crippen molar-refractivity contribution in [2.45, 2.75) is 38.0 Å². The molecule has 1 aromatic rings. The van der Waals surface area contributed by atoms with E-state index in [4.69, 9.17) is 5.11 Å². The Kier molecular flexibility index (Phi) is 4.73. The molecule has 0 heterocycles. The lowest BCUT2D eigenvalue weighted by Crippen LogP contribution is -2.31. The number of anilines is 1. The molecular weight excluding hydrogens is 299 g/mol. The van der Waals surface area contributed by atoms with Crippen LogP contribution in [0, 0.1) is 11.7 Å². The number of hydrogen-bond donors (Lipinski definition) is 2. The van der Waals surface area contributed by atoms with Gasteiger partial charge in [0.05, 0.1) is 6.42 Å². The van der Waals surface area contributed by atoms with Crippen molar-refractivity contribution in [2.24, 2.45) is 5.92 Å². The number of nitrogens with one attached hydrogen (secondary N) is 1. The van der Waals surface area contributed by atoms with Gasteiger partial charge >= 0.3 is 5.97 Å². The number of rotatable bonds is 4. The zero-order valence-corrected chi connectivity index (χ0v) is 11.7. The molecule has 2 rings (SSSR count). The molecule has 1 amide bonds. The molecule has 0 bridgehead atoms. The molecule has 0 aromatic heterocycles. The zero-order chi connectivity index (χ0) is 16.3. The molecule has 22 heavy (non-hydrogen) atoms. The summed E-state index contributed by atoms with van der Waals surface area (Å²) in [6.07, 6.45) is -0.900. The van der Waals surface area contributed by atoms with Crippen LogP contribution in [-0.4, -0.2) is 22.9 Å². The molecule has 0 unspecified atom stereocenters. The van der Waals surface area contributed by atoms with E-state index in [1.807, 2.05) is 0 Å². The number of amides is 1. The van der Waals surface area contributed by atoms with Crippen LogP contribution in [0.2, 0.25) is 0 Å². The summed E-state index contributed by atoms with van der Waals surface area (Å²) in [5, 5.41) is 11.1. The van der Waals surface area contributed by atoms with E-state index >= 15 is 0 Å². The number of carbonyl (C=O) groups is 2. The predicted octanol–water partition coefficient (Wildman–Crippen LogP) is 3.22. The van der Waals surface area contributed by atoms with Gasteiger partial charge < -0.3 is 10.4 Å². The maximum atomic E-state index is 13.7. The van der Waals surface area contributed by atoms with Gasteiger partial charge in [0, 0.05) is 24.4 Å². The molecular formula is C15H16F3NO3. The van der Waals surface area contributed by atoms with Gasteiger partial charge in [0.15, 0.2) is 0 Å². The van der Waals surface area contributed by atoms with Crippen molar-refractivity contribution < 1.29 is 27.9 Å². The van der Waals surface area contributed by atoms with Crippen molar-refractivity contribution in [3.05, 3.63) is 29.6 Å². The smallest absolute Gasteiger partial charge is 0.307 e. The minimum absolute atomic E-state index is 0.0165. The molecule has 0 spiro atoms. The zero-order valence-electron chi connectivity index (χ0n) is 11.7. The fraction of sp³-hybridized carbons (Fsp3) is 0.467. The fourth-order valence-corrected chi connectivity index (χ4v) is 2.48. The molecule has 0 aliphatic heterocycles. The third-order valence-corrected chi connectivity index (χ3v) is 3.75. The lowest BCUT2D eigenvalue weighted by atomic mass is 9.86. The Hall–Kier alpha value is -2.05. The molecule has 1 fully saturated rings. The summed E-state index contributed by atoms with van der Waals surface area (Å²) in [6, 6.07) is 3.72. The Morgan fingerprint density at radius 3 is 2.45 bits per heavy atom. The number of aliphatic carboxylic acids is 1. The Labute approximate surface area is 125 Å². The van der Waals surface area contributed by atoms with E-state index in [0.29, 0.717) is 0 Å². The lowest BCUT2D eigenvalue weighted by molar-refractivity contribution is -0.136. The number of carboxylic acids is 1. The Bertz CT molecular complexity index is 579. The number of alkyl halides is 2. The van der Waals surface area contributed by atoms with Gasteiger partial charge in [-0.05, 0) is 30.5 Å². The standard InChI is InChI=1S/C15H16F3NO3/c16-12-8-11(2-1-10(12)7-13(20)21)19-14(22)9-3-5-15(17,18)6-4-9/h1-2,8-9H,3-7H2,(H,19,22)(H,20,21). The molecule has 1 aromatic carbocycles. The first-order valence-electron chi connectivity index (χ1n) is 6.96. The van der Waals surface area contributed by atoms with Gasteiger partial charge in [-0.15, -0.1) is 0 Å². The molecule has 1 aliphatic carbocycles. The lowest BCUT2D eigenvalue weighted by Gasteiger charge is -2.27.